The SMILES string of the molecule is Cc1ccc(CNN2CCOCC2)s1. The Bertz CT molecular complexity index is 281. The van der Waals surface area contributed by atoms with Crippen molar-refractivity contribution in [2.75, 3.05) is 26.3 Å². The lowest BCUT2D eigenvalue weighted by Crippen LogP contribution is -2.45. The van der Waals surface area contributed by atoms with Gasteiger partial charge in [-0.2, -0.15) is 0 Å². The van der Waals surface area contributed by atoms with Gasteiger partial charge in [-0.1, -0.05) is 0 Å². The van der Waals surface area contributed by atoms with Crippen LogP contribution in [0.15, 0.2) is 12.1 Å². The summed E-state index contributed by atoms with van der Waals surface area (Å²) in [7, 11) is 0. The molecule has 1 N–H and O–H groups in total. The van der Waals surface area contributed by atoms with Crippen LogP contribution in [0.25, 0.3) is 0 Å². The quantitative estimate of drug-likeness (QED) is 0.819. The Balaban J connectivity index is 1.76. The standard InChI is InChI=1S/C10H16N2OS/c1-9-2-3-10(14-9)8-11-12-4-6-13-7-5-12/h2-3,11H,4-8H2,1H3. The van der Waals surface area contributed by atoms with Crippen molar-refractivity contribution < 1.29 is 4.74 Å². The van der Waals surface area contributed by atoms with Crippen molar-refractivity contribution in [1.82, 2.24) is 10.4 Å². The van der Waals surface area contributed by atoms with Crippen LogP contribution in [0.4, 0.5) is 0 Å². The molecule has 2 rings (SSSR count). The van der Waals surface area contributed by atoms with Crippen molar-refractivity contribution >= 4 is 11.3 Å². The molecule has 3 nitrogen and oxygen atoms in total. The summed E-state index contributed by atoms with van der Waals surface area (Å²) in [6.45, 7) is 6.75. The highest BCUT2D eigenvalue weighted by Gasteiger charge is 2.09. The van der Waals surface area contributed by atoms with Crippen LogP contribution >= 0.6 is 11.3 Å². The number of ether oxygens (including phenoxy) is 1. The van der Waals surface area contributed by atoms with E-state index < -0.39 is 0 Å². The van der Waals surface area contributed by atoms with Crippen molar-refractivity contribution in [2.24, 2.45) is 0 Å². The molecule has 0 spiro atoms. The Hall–Kier alpha value is -0.420. The van der Waals surface area contributed by atoms with Crippen molar-refractivity contribution in [3.63, 3.8) is 0 Å². The lowest BCUT2D eigenvalue weighted by molar-refractivity contribution is 0.0107. The monoisotopic (exact) mass is 212 g/mol. The first-order chi connectivity index (χ1) is 6.84. The third-order valence-electron chi connectivity index (χ3n) is 2.28. The van der Waals surface area contributed by atoms with Gasteiger partial charge in [0.15, 0.2) is 0 Å². The molecule has 2 heterocycles. The topological polar surface area (TPSA) is 24.5 Å². The van der Waals surface area contributed by atoms with Gasteiger partial charge in [0.25, 0.3) is 0 Å². The number of hydrogen-bond donors (Lipinski definition) is 1. The van der Waals surface area contributed by atoms with Gasteiger partial charge in [-0.25, -0.2) is 10.4 Å². The average molecular weight is 212 g/mol. The Kier molecular flexibility index (Phi) is 3.53. The normalized spacial score (nSPS) is 18.6. The number of nitrogens with one attached hydrogen (secondary N) is 1. The van der Waals surface area contributed by atoms with Crippen molar-refractivity contribution in [3.05, 3.63) is 21.9 Å². The van der Waals surface area contributed by atoms with E-state index in [1.54, 1.807) is 0 Å². The number of hydrogen-bond acceptors (Lipinski definition) is 4. The van der Waals surface area contributed by atoms with E-state index in [-0.39, 0.29) is 0 Å². The van der Waals surface area contributed by atoms with Gasteiger partial charge in [-0.3, -0.25) is 0 Å². The van der Waals surface area contributed by atoms with Gasteiger partial charge in [-0.05, 0) is 19.1 Å². The molecule has 4 heteroatoms. The first-order valence-electron chi connectivity index (χ1n) is 4.96. The summed E-state index contributed by atoms with van der Waals surface area (Å²) in [6.07, 6.45) is 0. The lowest BCUT2D eigenvalue weighted by atomic mass is 10.4. The molecule has 78 valence electrons. The van der Waals surface area contributed by atoms with Gasteiger partial charge in [0.2, 0.25) is 0 Å². The minimum Gasteiger partial charge on any atom is -0.379 e. The number of morpholine rings is 1. The molecule has 1 aromatic heterocycles. The summed E-state index contributed by atoms with van der Waals surface area (Å²) < 4.78 is 5.28. The molecule has 0 aliphatic carbocycles. The fourth-order valence-corrected chi connectivity index (χ4v) is 2.31. The Labute approximate surface area is 88.6 Å². The summed E-state index contributed by atoms with van der Waals surface area (Å²) in [6, 6.07) is 4.36. The minimum atomic E-state index is 0.844. The minimum absolute atomic E-state index is 0.844. The molecule has 1 fully saturated rings. The Morgan fingerprint density at radius 2 is 2.21 bits per heavy atom. The van der Waals surface area contributed by atoms with E-state index in [9.17, 15) is 0 Å². The highest BCUT2D eigenvalue weighted by atomic mass is 32.1. The second kappa shape index (κ2) is 4.89. The molecule has 1 aliphatic heterocycles. The van der Waals surface area contributed by atoms with E-state index in [0.717, 1.165) is 32.8 Å². The van der Waals surface area contributed by atoms with E-state index >= 15 is 0 Å². The van der Waals surface area contributed by atoms with E-state index in [2.05, 4.69) is 29.5 Å². The van der Waals surface area contributed by atoms with Crippen molar-refractivity contribution in [1.29, 1.82) is 0 Å². The van der Waals surface area contributed by atoms with E-state index in [1.165, 1.54) is 9.75 Å². The molecule has 0 amide bonds. The number of aryl methyl sites for hydroxylation is 1. The predicted octanol–water partition coefficient (Wildman–Crippen LogP) is 1.39. The molecule has 1 aromatic rings. The van der Waals surface area contributed by atoms with Crippen LogP contribution in [0.5, 0.6) is 0 Å². The highest BCUT2D eigenvalue weighted by molar-refractivity contribution is 7.11. The smallest absolute Gasteiger partial charge is 0.0608 e. The highest BCUT2D eigenvalue weighted by Crippen LogP contribution is 2.14. The second-order valence-electron chi connectivity index (χ2n) is 3.45. The molecule has 0 unspecified atom stereocenters. The van der Waals surface area contributed by atoms with E-state index in [1.807, 2.05) is 11.3 Å². The molecule has 0 aromatic carbocycles. The summed E-state index contributed by atoms with van der Waals surface area (Å²) in [4.78, 5) is 2.78. The molecule has 0 bridgehead atoms. The van der Waals surface area contributed by atoms with Crippen molar-refractivity contribution in [2.45, 2.75) is 13.5 Å². The lowest BCUT2D eigenvalue weighted by Gasteiger charge is -2.26. The zero-order valence-corrected chi connectivity index (χ0v) is 9.27. The maximum Gasteiger partial charge on any atom is 0.0608 e. The van der Waals surface area contributed by atoms with Crippen LogP contribution in [0, 0.1) is 6.92 Å². The molecule has 0 radical (unpaired) electrons. The van der Waals surface area contributed by atoms with Gasteiger partial charge in [0, 0.05) is 29.4 Å². The van der Waals surface area contributed by atoms with Gasteiger partial charge >= 0.3 is 0 Å². The van der Waals surface area contributed by atoms with Gasteiger partial charge in [0.1, 0.15) is 0 Å². The van der Waals surface area contributed by atoms with E-state index in [0.29, 0.717) is 0 Å². The molecular formula is C10H16N2OS. The second-order valence-corrected chi connectivity index (χ2v) is 4.82. The summed E-state index contributed by atoms with van der Waals surface area (Å²) in [5.41, 5.74) is 3.41. The molecule has 0 saturated carbocycles. The number of hydrazine groups is 1. The van der Waals surface area contributed by atoms with Crippen LogP contribution in [0.1, 0.15) is 9.75 Å². The summed E-state index contributed by atoms with van der Waals surface area (Å²) >= 11 is 1.86. The molecule has 0 atom stereocenters. The zero-order valence-electron chi connectivity index (χ0n) is 8.45. The first kappa shape index (κ1) is 10.1. The van der Waals surface area contributed by atoms with Crippen LogP contribution in [-0.2, 0) is 11.3 Å². The maximum atomic E-state index is 5.28. The van der Waals surface area contributed by atoms with E-state index in [4.69, 9.17) is 4.74 Å². The molecular weight excluding hydrogens is 196 g/mol. The van der Waals surface area contributed by atoms with Gasteiger partial charge in [-0.15, -0.1) is 11.3 Å². The molecule has 1 saturated heterocycles. The Morgan fingerprint density at radius 1 is 1.43 bits per heavy atom. The number of nitrogens with zero attached hydrogens (tertiary/aromatic N) is 1. The largest absolute Gasteiger partial charge is 0.379 e. The van der Waals surface area contributed by atoms with Gasteiger partial charge < -0.3 is 4.74 Å². The first-order valence-corrected chi connectivity index (χ1v) is 5.78. The van der Waals surface area contributed by atoms with Crippen LogP contribution in [-0.4, -0.2) is 31.3 Å². The van der Waals surface area contributed by atoms with Gasteiger partial charge in [0.05, 0.1) is 13.2 Å². The zero-order chi connectivity index (χ0) is 9.80. The fraction of sp³-hybridized carbons (Fsp3) is 0.600. The Morgan fingerprint density at radius 3 is 2.86 bits per heavy atom. The maximum absolute atomic E-state index is 5.28. The number of thiophene rings is 1. The van der Waals surface area contributed by atoms with Crippen molar-refractivity contribution in [3.8, 4) is 0 Å². The molecule has 14 heavy (non-hydrogen) atoms. The predicted molar refractivity (Wildman–Crippen MR) is 58.3 cm³/mol. The number of rotatable bonds is 3. The van der Waals surface area contributed by atoms with Crippen LogP contribution in [0.3, 0.4) is 0 Å². The fourth-order valence-electron chi connectivity index (χ4n) is 1.49. The average Bonchev–Trinajstić information content (AvgIpc) is 2.63. The summed E-state index contributed by atoms with van der Waals surface area (Å²) in [5, 5.41) is 2.23. The summed E-state index contributed by atoms with van der Waals surface area (Å²) in [5.74, 6) is 0. The third-order valence-corrected chi connectivity index (χ3v) is 3.28. The third kappa shape index (κ3) is 2.78. The van der Waals surface area contributed by atoms with Crippen LogP contribution < -0.4 is 5.43 Å². The molecule has 1 aliphatic rings. The van der Waals surface area contributed by atoms with Crippen LogP contribution in [0.2, 0.25) is 0 Å².